The maximum Gasteiger partial charge on any atom is 0.119 e. The number of methoxy groups -OCH3 is 1. The number of nitrogens with one attached hydrogen (secondary N) is 1. The van der Waals surface area contributed by atoms with E-state index in [0.717, 1.165) is 24.3 Å². The van der Waals surface area contributed by atoms with E-state index in [9.17, 15) is 5.11 Å². The number of ether oxygens (including phenoxy) is 2. The van der Waals surface area contributed by atoms with Crippen molar-refractivity contribution in [2.24, 2.45) is 0 Å². The fourth-order valence-corrected chi connectivity index (χ4v) is 1.74. The maximum atomic E-state index is 10.1. The highest BCUT2D eigenvalue weighted by molar-refractivity contribution is 5.27. The molecule has 2 N–H and O–H groups in total. The summed E-state index contributed by atoms with van der Waals surface area (Å²) < 4.78 is 10.7. The molecule has 1 aromatic carbocycles. The molecule has 108 valence electrons. The van der Waals surface area contributed by atoms with Crippen LogP contribution in [0.1, 0.15) is 25.8 Å². The van der Waals surface area contributed by atoms with Crippen molar-refractivity contribution in [3.63, 3.8) is 0 Å². The van der Waals surface area contributed by atoms with Crippen LogP contribution < -0.4 is 10.1 Å². The molecule has 4 nitrogen and oxygen atoms in total. The van der Waals surface area contributed by atoms with Crippen LogP contribution in [0.2, 0.25) is 0 Å². The first-order chi connectivity index (χ1) is 9.07. The molecule has 0 saturated carbocycles. The van der Waals surface area contributed by atoms with Gasteiger partial charge < -0.3 is 19.9 Å². The summed E-state index contributed by atoms with van der Waals surface area (Å²) in [6.45, 7) is 6.11. The zero-order valence-electron chi connectivity index (χ0n) is 12.1. The number of hydrogen-bond donors (Lipinski definition) is 2. The minimum Gasteiger partial charge on any atom is -0.497 e. The molecule has 1 aromatic rings. The summed E-state index contributed by atoms with van der Waals surface area (Å²) in [4.78, 5) is 0. The minimum absolute atomic E-state index is 0.306. The van der Waals surface area contributed by atoms with E-state index in [4.69, 9.17) is 9.47 Å². The van der Waals surface area contributed by atoms with E-state index in [1.165, 1.54) is 0 Å². The van der Waals surface area contributed by atoms with Crippen molar-refractivity contribution in [2.75, 3.05) is 26.8 Å². The van der Waals surface area contributed by atoms with Crippen molar-refractivity contribution in [1.82, 2.24) is 5.32 Å². The highest BCUT2D eigenvalue weighted by Gasteiger charge is 2.19. The van der Waals surface area contributed by atoms with Crippen LogP contribution in [-0.4, -0.2) is 37.5 Å². The molecule has 0 amide bonds. The van der Waals surface area contributed by atoms with Crippen LogP contribution in [0.5, 0.6) is 5.75 Å². The molecule has 1 unspecified atom stereocenters. The van der Waals surface area contributed by atoms with Gasteiger partial charge in [0.2, 0.25) is 0 Å². The third kappa shape index (κ3) is 6.57. The molecule has 0 spiro atoms. The van der Waals surface area contributed by atoms with Gasteiger partial charge in [-0.25, -0.2) is 0 Å². The highest BCUT2D eigenvalue weighted by atomic mass is 16.5. The first-order valence-corrected chi connectivity index (χ1v) is 6.71. The van der Waals surface area contributed by atoms with Gasteiger partial charge in [-0.05, 0) is 37.6 Å². The van der Waals surface area contributed by atoms with Crippen LogP contribution in [0.4, 0.5) is 0 Å². The predicted molar refractivity (Wildman–Crippen MR) is 76.4 cm³/mol. The normalized spacial score (nSPS) is 14.1. The van der Waals surface area contributed by atoms with Gasteiger partial charge >= 0.3 is 0 Å². The average Bonchev–Trinajstić information content (AvgIpc) is 2.39. The molecule has 0 radical (unpaired) electrons. The van der Waals surface area contributed by atoms with Gasteiger partial charge in [-0.2, -0.15) is 0 Å². The van der Waals surface area contributed by atoms with Crippen molar-refractivity contribution < 1.29 is 14.6 Å². The Bertz CT molecular complexity index is 366. The molecule has 0 bridgehead atoms. The fourth-order valence-electron chi connectivity index (χ4n) is 1.74. The van der Waals surface area contributed by atoms with E-state index in [1.807, 2.05) is 24.3 Å². The number of rotatable bonds is 9. The summed E-state index contributed by atoms with van der Waals surface area (Å²) in [5, 5.41) is 13.3. The topological polar surface area (TPSA) is 50.7 Å². The van der Waals surface area contributed by atoms with E-state index < -0.39 is 5.60 Å². The van der Waals surface area contributed by atoms with Gasteiger partial charge in [0, 0.05) is 6.54 Å². The Labute approximate surface area is 115 Å². The third-order valence-corrected chi connectivity index (χ3v) is 2.75. The van der Waals surface area contributed by atoms with E-state index in [-0.39, 0.29) is 0 Å². The van der Waals surface area contributed by atoms with Gasteiger partial charge in [0.1, 0.15) is 5.75 Å². The quantitative estimate of drug-likeness (QED) is 0.672. The van der Waals surface area contributed by atoms with Crippen molar-refractivity contribution in [3.05, 3.63) is 29.8 Å². The Morgan fingerprint density at radius 1 is 1.37 bits per heavy atom. The Hall–Kier alpha value is -1.10. The van der Waals surface area contributed by atoms with Gasteiger partial charge in [0.15, 0.2) is 0 Å². The molecule has 1 atom stereocenters. The van der Waals surface area contributed by atoms with Gasteiger partial charge in [0.25, 0.3) is 0 Å². The lowest BCUT2D eigenvalue weighted by Gasteiger charge is -2.23. The third-order valence-electron chi connectivity index (χ3n) is 2.75. The first kappa shape index (κ1) is 16.0. The van der Waals surface area contributed by atoms with E-state index >= 15 is 0 Å². The zero-order chi connectivity index (χ0) is 14.1. The Morgan fingerprint density at radius 3 is 2.84 bits per heavy atom. The lowest BCUT2D eigenvalue weighted by Crippen LogP contribution is -2.42. The molecule has 0 heterocycles. The van der Waals surface area contributed by atoms with Crippen LogP contribution in [-0.2, 0) is 11.3 Å². The molecule has 0 fully saturated rings. The second-order valence-corrected chi connectivity index (χ2v) is 5.02. The van der Waals surface area contributed by atoms with Crippen molar-refractivity contribution in [2.45, 2.75) is 32.5 Å². The minimum atomic E-state index is -0.839. The number of benzene rings is 1. The van der Waals surface area contributed by atoms with Crippen LogP contribution in [0.3, 0.4) is 0 Å². The van der Waals surface area contributed by atoms with Gasteiger partial charge in [-0.15, -0.1) is 0 Å². The van der Waals surface area contributed by atoms with E-state index in [1.54, 1.807) is 14.0 Å². The molecule has 1 rings (SSSR count). The number of hydrogen-bond acceptors (Lipinski definition) is 4. The predicted octanol–water partition coefficient (Wildman–Crippen LogP) is 1.96. The van der Waals surface area contributed by atoms with Crippen LogP contribution >= 0.6 is 0 Å². The summed E-state index contributed by atoms with van der Waals surface area (Å²) in [7, 11) is 1.64. The lowest BCUT2D eigenvalue weighted by molar-refractivity contribution is -0.0379. The standard InChI is InChI=1S/C15H25NO3/c1-4-8-16-11-15(2,17)12-19-10-13-6-5-7-14(9-13)18-3/h5-7,9,16-17H,4,8,10-12H2,1-3H3. The largest absolute Gasteiger partial charge is 0.497 e. The molecule has 0 aromatic heterocycles. The molecule has 0 aliphatic carbocycles. The van der Waals surface area contributed by atoms with Crippen LogP contribution in [0.15, 0.2) is 24.3 Å². The molecule has 4 heteroatoms. The Morgan fingerprint density at radius 2 is 2.16 bits per heavy atom. The smallest absolute Gasteiger partial charge is 0.119 e. The van der Waals surface area contributed by atoms with E-state index in [2.05, 4.69) is 12.2 Å². The van der Waals surface area contributed by atoms with Crippen molar-refractivity contribution >= 4 is 0 Å². The number of aliphatic hydroxyl groups is 1. The Balaban J connectivity index is 2.32. The maximum absolute atomic E-state index is 10.1. The van der Waals surface area contributed by atoms with Gasteiger partial charge in [-0.3, -0.25) is 0 Å². The molecular formula is C15H25NO3. The lowest BCUT2D eigenvalue weighted by atomic mass is 10.1. The van der Waals surface area contributed by atoms with Gasteiger partial charge in [-0.1, -0.05) is 19.1 Å². The molecule has 0 aliphatic rings. The Kier molecular flexibility index (Phi) is 6.84. The van der Waals surface area contributed by atoms with Gasteiger partial charge in [0.05, 0.1) is 25.9 Å². The SMILES string of the molecule is CCCNCC(C)(O)COCc1cccc(OC)c1. The van der Waals surface area contributed by atoms with E-state index in [0.29, 0.717) is 19.8 Å². The zero-order valence-corrected chi connectivity index (χ0v) is 12.1. The molecule has 19 heavy (non-hydrogen) atoms. The monoisotopic (exact) mass is 267 g/mol. The second-order valence-electron chi connectivity index (χ2n) is 5.02. The second kappa shape index (κ2) is 8.15. The summed E-state index contributed by atoms with van der Waals surface area (Å²) in [5.41, 5.74) is 0.199. The average molecular weight is 267 g/mol. The van der Waals surface area contributed by atoms with Crippen LogP contribution in [0.25, 0.3) is 0 Å². The van der Waals surface area contributed by atoms with Crippen molar-refractivity contribution in [3.8, 4) is 5.75 Å². The first-order valence-electron chi connectivity index (χ1n) is 6.71. The summed E-state index contributed by atoms with van der Waals surface area (Å²) in [6, 6.07) is 7.74. The summed E-state index contributed by atoms with van der Waals surface area (Å²) >= 11 is 0. The summed E-state index contributed by atoms with van der Waals surface area (Å²) in [6.07, 6.45) is 1.06. The van der Waals surface area contributed by atoms with Crippen LogP contribution in [0, 0.1) is 0 Å². The highest BCUT2D eigenvalue weighted by Crippen LogP contribution is 2.14. The molecule has 0 saturated heterocycles. The fraction of sp³-hybridized carbons (Fsp3) is 0.600. The van der Waals surface area contributed by atoms with Crippen molar-refractivity contribution in [1.29, 1.82) is 0 Å². The molecule has 0 aliphatic heterocycles. The molecular weight excluding hydrogens is 242 g/mol. The summed E-state index contributed by atoms with van der Waals surface area (Å²) in [5.74, 6) is 0.817.